The molecule has 1 unspecified atom stereocenters. The van der Waals surface area contributed by atoms with E-state index < -0.39 is 6.04 Å². The lowest BCUT2D eigenvalue weighted by atomic mass is 9.96. The van der Waals surface area contributed by atoms with E-state index in [9.17, 15) is 14.0 Å². The number of nitrogens with one attached hydrogen (secondary N) is 1. The molecule has 0 bridgehead atoms. The minimum Gasteiger partial charge on any atom is -0.340 e. The molecule has 2 amide bonds. The number of aromatic nitrogens is 3. The molecule has 2 atom stereocenters. The third-order valence-corrected chi connectivity index (χ3v) is 6.31. The van der Waals surface area contributed by atoms with Crippen molar-refractivity contribution in [3.8, 4) is 0 Å². The van der Waals surface area contributed by atoms with Crippen LogP contribution in [0.3, 0.4) is 0 Å². The van der Waals surface area contributed by atoms with Gasteiger partial charge in [-0.05, 0) is 56.0 Å². The number of carbonyl (C=O) groups excluding carboxylic acids is 2. The summed E-state index contributed by atoms with van der Waals surface area (Å²) in [4.78, 5) is 42.0. The van der Waals surface area contributed by atoms with Gasteiger partial charge in [0, 0.05) is 37.3 Å². The first-order valence-electron chi connectivity index (χ1n) is 10.7. The van der Waals surface area contributed by atoms with Crippen molar-refractivity contribution in [1.82, 2.24) is 24.8 Å². The predicted octanol–water partition coefficient (Wildman–Crippen LogP) is 3.11. The van der Waals surface area contributed by atoms with Gasteiger partial charge in [0.05, 0.1) is 17.2 Å². The highest BCUT2D eigenvalue weighted by molar-refractivity contribution is 5.98. The van der Waals surface area contributed by atoms with Crippen molar-refractivity contribution < 1.29 is 14.0 Å². The second-order valence-electron chi connectivity index (χ2n) is 8.30. The summed E-state index contributed by atoms with van der Waals surface area (Å²) in [7, 11) is 0. The summed E-state index contributed by atoms with van der Waals surface area (Å²) in [6.07, 6.45) is 6.77. The Labute approximate surface area is 179 Å². The molecule has 0 radical (unpaired) electrons. The van der Waals surface area contributed by atoms with Crippen LogP contribution in [0.1, 0.15) is 47.8 Å². The predicted molar refractivity (Wildman–Crippen MR) is 113 cm³/mol. The average molecular weight is 421 g/mol. The molecule has 0 spiro atoms. The van der Waals surface area contributed by atoms with Gasteiger partial charge < -0.3 is 14.8 Å². The van der Waals surface area contributed by atoms with Crippen LogP contribution >= 0.6 is 0 Å². The molecule has 1 N–H and O–H groups in total. The number of amides is 2. The molecular weight excluding hydrogens is 397 g/mol. The van der Waals surface area contributed by atoms with Crippen LogP contribution in [0, 0.1) is 5.82 Å². The van der Waals surface area contributed by atoms with Crippen LogP contribution in [-0.4, -0.2) is 62.2 Å². The smallest absolute Gasteiger partial charge is 0.254 e. The molecule has 2 aromatic heterocycles. The van der Waals surface area contributed by atoms with Crippen molar-refractivity contribution in [2.45, 2.75) is 37.6 Å². The van der Waals surface area contributed by atoms with E-state index in [2.05, 4.69) is 15.0 Å². The first kappa shape index (κ1) is 19.7. The van der Waals surface area contributed by atoms with Gasteiger partial charge in [-0.2, -0.15) is 0 Å². The average Bonchev–Trinajstić information content (AvgIpc) is 3.46. The highest BCUT2D eigenvalue weighted by Gasteiger charge is 2.38. The van der Waals surface area contributed by atoms with Gasteiger partial charge in [-0.15, -0.1) is 0 Å². The maximum absolute atomic E-state index is 13.4. The number of H-pyrrole nitrogens is 1. The number of benzene rings is 1. The van der Waals surface area contributed by atoms with E-state index >= 15 is 0 Å². The maximum atomic E-state index is 13.4. The summed E-state index contributed by atoms with van der Waals surface area (Å²) >= 11 is 0. The Balaban J connectivity index is 1.31. The molecule has 4 heterocycles. The van der Waals surface area contributed by atoms with E-state index in [1.165, 1.54) is 24.3 Å². The minimum atomic E-state index is -0.462. The van der Waals surface area contributed by atoms with Crippen LogP contribution in [0.15, 0.2) is 42.7 Å². The fourth-order valence-corrected chi connectivity index (χ4v) is 4.71. The van der Waals surface area contributed by atoms with Gasteiger partial charge in [0.1, 0.15) is 17.7 Å². The lowest BCUT2D eigenvalue weighted by molar-refractivity contribution is -0.136. The van der Waals surface area contributed by atoms with Gasteiger partial charge in [-0.1, -0.05) is 0 Å². The number of nitrogens with zero attached hydrogens (tertiary/aromatic N) is 4. The second-order valence-corrected chi connectivity index (χ2v) is 8.30. The van der Waals surface area contributed by atoms with Crippen molar-refractivity contribution in [1.29, 1.82) is 0 Å². The molecule has 31 heavy (non-hydrogen) atoms. The summed E-state index contributed by atoms with van der Waals surface area (Å²) in [5.41, 5.74) is 2.18. The Kier molecular flexibility index (Phi) is 5.13. The zero-order chi connectivity index (χ0) is 21.4. The molecular formula is C23H24FN5O2. The van der Waals surface area contributed by atoms with Crippen molar-refractivity contribution in [3.05, 3.63) is 59.9 Å². The number of halogens is 1. The van der Waals surface area contributed by atoms with Crippen molar-refractivity contribution in [2.24, 2.45) is 0 Å². The number of pyridine rings is 1. The Morgan fingerprint density at radius 1 is 1.06 bits per heavy atom. The monoisotopic (exact) mass is 421 g/mol. The van der Waals surface area contributed by atoms with Gasteiger partial charge >= 0.3 is 0 Å². The largest absolute Gasteiger partial charge is 0.340 e. The number of likely N-dealkylation sites (tertiary alicyclic amines) is 2. The number of rotatable bonds is 3. The summed E-state index contributed by atoms with van der Waals surface area (Å²) in [6, 6.07) is 6.92. The highest BCUT2D eigenvalue weighted by Crippen LogP contribution is 2.29. The van der Waals surface area contributed by atoms with Gasteiger partial charge in [-0.25, -0.2) is 9.37 Å². The van der Waals surface area contributed by atoms with E-state index in [0.717, 1.165) is 36.1 Å². The Hall–Kier alpha value is -3.29. The summed E-state index contributed by atoms with van der Waals surface area (Å²) in [5.74, 6) is 0.412. The van der Waals surface area contributed by atoms with E-state index in [-0.39, 0.29) is 23.5 Å². The van der Waals surface area contributed by atoms with Crippen molar-refractivity contribution in [2.75, 3.05) is 19.6 Å². The fraction of sp³-hybridized carbons (Fsp3) is 0.391. The van der Waals surface area contributed by atoms with Crippen LogP contribution in [0.5, 0.6) is 0 Å². The summed E-state index contributed by atoms with van der Waals surface area (Å²) in [5, 5.41) is 0. The van der Waals surface area contributed by atoms with Gasteiger partial charge in [0.25, 0.3) is 5.91 Å². The standard InChI is InChI=1S/C23H24FN5O2/c24-17-7-5-15(6-8-17)22(30)29-12-2-4-20(29)23(31)28-11-1-3-16(14-28)21-26-18-9-10-25-13-19(18)27-21/h5-10,13,16,20H,1-4,11-12,14H2,(H,26,27)/t16?,20-/m1/s1. The van der Waals surface area contributed by atoms with Gasteiger partial charge in [0.15, 0.2) is 0 Å². The van der Waals surface area contributed by atoms with Crippen LogP contribution in [-0.2, 0) is 4.79 Å². The van der Waals surface area contributed by atoms with E-state index in [1.54, 1.807) is 17.3 Å². The van der Waals surface area contributed by atoms with Crippen molar-refractivity contribution >= 4 is 22.8 Å². The van der Waals surface area contributed by atoms with E-state index in [1.807, 2.05) is 11.0 Å². The molecule has 0 saturated carbocycles. The Morgan fingerprint density at radius 2 is 1.87 bits per heavy atom. The molecule has 2 aliphatic rings. The topological polar surface area (TPSA) is 82.2 Å². The highest BCUT2D eigenvalue weighted by atomic mass is 19.1. The first-order chi connectivity index (χ1) is 15.1. The fourth-order valence-electron chi connectivity index (χ4n) is 4.71. The van der Waals surface area contributed by atoms with Crippen LogP contribution in [0.2, 0.25) is 0 Å². The summed E-state index contributed by atoms with van der Waals surface area (Å²) < 4.78 is 13.2. The maximum Gasteiger partial charge on any atom is 0.254 e. The SMILES string of the molecule is O=C([C@H]1CCCN1C(=O)c1ccc(F)cc1)N1CCCC(c2nc3ccncc3[nH]2)C1. The minimum absolute atomic E-state index is 0.00422. The van der Waals surface area contributed by atoms with E-state index in [0.29, 0.717) is 31.6 Å². The molecule has 5 rings (SSSR count). The number of imidazole rings is 1. The summed E-state index contributed by atoms with van der Waals surface area (Å²) in [6.45, 7) is 1.81. The zero-order valence-electron chi connectivity index (χ0n) is 17.1. The number of aromatic amines is 1. The Bertz CT molecular complexity index is 1080. The number of fused-ring (bicyclic) bond motifs is 1. The number of hydrogen-bond donors (Lipinski definition) is 1. The lowest BCUT2D eigenvalue weighted by Crippen LogP contribution is -2.50. The molecule has 7 nitrogen and oxygen atoms in total. The van der Waals surface area contributed by atoms with Gasteiger partial charge in [0.2, 0.25) is 5.91 Å². The molecule has 2 fully saturated rings. The van der Waals surface area contributed by atoms with Crippen LogP contribution in [0.25, 0.3) is 11.0 Å². The number of hydrogen-bond acceptors (Lipinski definition) is 4. The quantitative estimate of drug-likeness (QED) is 0.705. The van der Waals surface area contributed by atoms with E-state index in [4.69, 9.17) is 0 Å². The normalized spacial score (nSPS) is 21.6. The molecule has 160 valence electrons. The van der Waals surface area contributed by atoms with Crippen LogP contribution < -0.4 is 0 Å². The third-order valence-electron chi connectivity index (χ3n) is 6.31. The first-order valence-corrected chi connectivity index (χ1v) is 10.7. The number of carbonyl (C=O) groups is 2. The number of piperidine rings is 1. The molecule has 0 aliphatic carbocycles. The molecule has 2 saturated heterocycles. The molecule has 2 aliphatic heterocycles. The van der Waals surface area contributed by atoms with Crippen molar-refractivity contribution in [3.63, 3.8) is 0 Å². The zero-order valence-corrected chi connectivity index (χ0v) is 17.1. The van der Waals surface area contributed by atoms with Gasteiger partial charge in [-0.3, -0.25) is 14.6 Å². The Morgan fingerprint density at radius 3 is 2.68 bits per heavy atom. The molecule has 3 aromatic rings. The molecule has 8 heteroatoms. The van der Waals surface area contributed by atoms with Crippen LogP contribution in [0.4, 0.5) is 4.39 Å². The molecule has 1 aromatic carbocycles. The third kappa shape index (κ3) is 3.78. The second kappa shape index (κ2) is 8.09. The lowest BCUT2D eigenvalue weighted by Gasteiger charge is -2.35.